The molecule has 25 heavy (non-hydrogen) atoms. The van der Waals surface area contributed by atoms with E-state index in [-0.39, 0.29) is 0 Å². The number of ether oxygens (including phenoxy) is 2. The summed E-state index contributed by atoms with van der Waals surface area (Å²) in [6.07, 6.45) is 0. The predicted molar refractivity (Wildman–Crippen MR) is 74.8 cm³/mol. The Labute approximate surface area is 139 Å². The van der Waals surface area contributed by atoms with Gasteiger partial charge in [-0.2, -0.15) is 17.6 Å². The molecule has 1 rings (SSSR count). The molecule has 10 heteroatoms. The van der Waals surface area contributed by atoms with Crippen molar-refractivity contribution >= 4 is 17.9 Å². The van der Waals surface area contributed by atoms with Gasteiger partial charge in [-0.3, -0.25) is 0 Å². The highest BCUT2D eigenvalue weighted by Crippen LogP contribution is 2.36. The average molecular weight is 366 g/mol. The summed E-state index contributed by atoms with van der Waals surface area (Å²) in [6.45, 7) is 4.54. The maximum absolute atomic E-state index is 13.4. The van der Waals surface area contributed by atoms with Gasteiger partial charge in [0.1, 0.15) is 16.9 Å². The van der Waals surface area contributed by atoms with Crippen molar-refractivity contribution < 1.29 is 46.5 Å². The van der Waals surface area contributed by atoms with E-state index in [4.69, 9.17) is 9.84 Å². The SMILES string of the molecule is CC(C)(C)OC(=O)c1ccccc1OC(=O)C(F)(F)C(F)(F)C(=O)O. The fourth-order valence-electron chi connectivity index (χ4n) is 1.48. The standard InChI is InChI=1S/C15H14F4O6/c1-13(2,3)25-10(20)8-6-4-5-7-9(8)24-12(23)15(18,19)14(16,17)11(21)22/h4-7H,1-3H3,(H,21,22). The minimum absolute atomic E-state index is 0.472. The molecule has 1 aromatic carbocycles. The molecule has 0 fully saturated rings. The van der Waals surface area contributed by atoms with Crippen LogP contribution in [0.15, 0.2) is 24.3 Å². The molecule has 138 valence electrons. The van der Waals surface area contributed by atoms with Crippen molar-refractivity contribution in [2.24, 2.45) is 0 Å². The van der Waals surface area contributed by atoms with Gasteiger partial charge in [0.05, 0.1) is 0 Å². The molecule has 0 aliphatic carbocycles. The number of esters is 2. The van der Waals surface area contributed by atoms with Crippen molar-refractivity contribution in [2.75, 3.05) is 0 Å². The van der Waals surface area contributed by atoms with Crippen LogP contribution in [-0.4, -0.2) is 40.5 Å². The lowest BCUT2D eigenvalue weighted by Gasteiger charge is -2.22. The summed E-state index contributed by atoms with van der Waals surface area (Å²) in [5.41, 5.74) is -1.44. The van der Waals surface area contributed by atoms with Crippen LogP contribution in [0.25, 0.3) is 0 Å². The van der Waals surface area contributed by atoms with E-state index in [0.29, 0.717) is 0 Å². The van der Waals surface area contributed by atoms with E-state index in [0.717, 1.165) is 12.1 Å². The minimum atomic E-state index is -5.69. The van der Waals surface area contributed by atoms with Gasteiger partial charge in [-0.15, -0.1) is 0 Å². The predicted octanol–water partition coefficient (Wildman–Crippen LogP) is 2.90. The Morgan fingerprint density at radius 2 is 1.48 bits per heavy atom. The van der Waals surface area contributed by atoms with Crippen molar-refractivity contribution in [1.82, 2.24) is 0 Å². The minimum Gasteiger partial charge on any atom is -0.477 e. The second-order valence-corrected chi connectivity index (χ2v) is 5.84. The molecule has 0 radical (unpaired) electrons. The summed E-state index contributed by atoms with van der Waals surface area (Å²) in [5, 5.41) is 8.15. The second-order valence-electron chi connectivity index (χ2n) is 5.84. The number of carboxylic acid groups (broad SMARTS) is 1. The highest BCUT2D eigenvalue weighted by molar-refractivity contribution is 5.95. The number of carboxylic acids is 1. The Bertz CT molecular complexity index is 694. The van der Waals surface area contributed by atoms with Gasteiger partial charge in [-0.25, -0.2) is 14.4 Å². The van der Waals surface area contributed by atoms with Gasteiger partial charge in [-0.1, -0.05) is 12.1 Å². The fraction of sp³-hybridized carbons (Fsp3) is 0.400. The smallest absolute Gasteiger partial charge is 0.416 e. The lowest BCUT2D eigenvalue weighted by molar-refractivity contribution is -0.229. The summed E-state index contributed by atoms with van der Waals surface area (Å²) >= 11 is 0. The summed E-state index contributed by atoms with van der Waals surface area (Å²) in [4.78, 5) is 33.6. The molecular formula is C15H14F4O6. The molecule has 1 N–H and O–H groups in total. The monoisotopic (exact) mass is 366 g/mol. The van der Waals surface area contributed by atoms with E-state index >= 15 is 0 Å². The van der Waals surface area contributed by atoms with Crippen LogP contribution in [0.3, 0.4) is 0 Å². The third-order valence-electron chi connectivity index (χ3n) is 2.63. The van der Waals surface area contributed by atoms with Crippen molar-refractivity contribution in [3.05, 3.63) is 29.8 Å². The van der Waals surface area contributed by atoms with E-state index in [1.54, 1.807) is 0 Å². The molecule has 0 bridgehead atoms. The van der Waals surface area contributed by atoms with Crippen LogP contribution in [0.2, 0.25) is 0 Å². The van der Waals surface area contributed by atoms with Gasteiger partial charge in [-0.05, 0) is 32.9 Å². The lowest BCUT2D eigenvalue weighted by Crippen LogP contribution is -2.53. The quantitative estimate of drug-likeness (QED) is 0.490. The highest BCUT2D eigenvalue weighted by Gasteiger charge is 2.69. The average Bonchev–Trinajstić information content (AvgIpc) is 2.45. The van der Waals surface area contributed by atoms with Gasteiger partial charge >= 0.3 is 29.8 Å². The largest absolute Gasteiger partial charge is 0.477 e. The van der Waals surface area contributed by atoms with Gasteiger partial charge in [0, 0.05) is 0 Å². The van der Waals surface area contributed by atoms with Crippen LogP contribution in [0, 0.1) is 0 Å². The number of rotatable bonds is 5. The Morgan fingerprint density at radius 3 is 1.96 bits per heavy atom. The zero-order valence-corrected chi connectivity index (χ0v) is 13.3. The van der Waals surface area contributed by atoms with Gasteiger partial charge in [0.15, 0.2) is 0 Å². The van der Waals surface area contributed by atoms with Crippen molar-refractivity contribution in [3.63, 3.8) is 0 Å². The number of para-hydroxylation sites is 1. The molecule has 0 spiro atoms. The first-order chi connectivity index (χ1) is 11.2. The molecular weight excluding hydrogens is 352 g/mol. The van der Waals surface area contributed by atoms with Crippen LogP contribution < -0.4 is 4.74 Å². The topological polar surface area (TPSA) is 89.9 Å². The van der Waals surface area contributed by atoms with E-state index < -0.39 is 46.7 Å². The van der Waals surface area contributed by atoms with E-state index in [2.05, 4.69) is 4.74 Å². The fourth-order valence-corrected chi connectivity index (χ4v) is 1.48. The summed E-state index contributed by atoms with van der Waals surface area (Å²) in [7, 11) is 0. The maximum Gasteiger partial charge on any atom is 0.416 e. The Morgan fingerprint density at radius 1 is 0.960 bits per heavy atom. The first-order valence-electron chi connectivity index (χ1n) is 6.74. The summed E-state index contributed by atoms with van der Waals surface area (Å²) in [6, 6.07) is 4.43. The normalized spacial score (nSPS) is 12.4. The summed E-state index contributed by atoms with van der Waals surface area (Å²) in [5.74, 6) is -19.2. The number of benzene rings is 1. The maximum atomic E-state index is 13.4. The Hall–Kier alpha value is -2.65. The number of aliphatic carboxylic acids is 1. The molecule has 0 aliphatic heterocycles. The molecule has 0 amide bonds. The number of alkyl halides is 4. The first-order valence-corrected chi connectivity index (χ1v) is 6.74. The van der Waals surface area contributed by atoms with Crippen molar-refractivity contribution in [2.45, 2.75) is 38.2 Å². The number of carbonyl (C=O) groups excluding carboxylic acids is 2. The number of halogens is 4. The Kier molecular flexibility index (Phi) is 5.46. The number of hydrogen-bond acceptors (Lipinski definition) is 5. The van der Waals surface area contributed by atoms with E-state index in [1.807, 2.05) is 0 Å². The van der Waals surface area contributed by atoms with Gasteiger partial charge < -0.3 is 14.6 Å². The zero-order valence-electron chi connectivity index (χ0n) is 13.3. The van der Waals surface area contributed by atoms with Crippen molar-refractivity contribution in [1.29, 1.82) is 0 Å². The second kappa shape index (κ2) is 6.69. The lowest BCUT2D eigenvalue weighted by atomic mass is 10.1. The van der Waals surface area contributed by atoms with Crippen molar-refractivity contribution in [3.8, 4) is 5.75 Å². The molecule has 0 aromatic heterocycles. The summed E-state index contributed by atoms with van der Waals surface area (Å²) < 4.78 is 62.0. The molecule has 0 heterocycles. The van der Waals surface area contributed by atoms with Crippen LogP contribution in [-0.2, 0) is 14.3 Å². The number of carbonyl (C=O) groups is 3. The molecule has 0 aliphatic rings. The third-order valence-corrected chi connectivity index (χ3v) is 2.63. The highest BCUT2D eigenvalue weighted by atomic mass is 19.3. The van der Waals surface area contributed by atoms with Crippen LogP contribution in [0.1, 0.15) is 31.1 Å². The zero-order chi connectivity index (χ0) is 19.6. The molecule has 1 aromatic rings. The molecule has 0 saturated carbocycles. The Balaban J connectivity index is 3.14. The first kappa shape index (κ1) is 20.4. The van der Waals surface area contributed by atoms with Crippen LogP contribution in [0.5, 0.6) is 5.75 Å². The van der Waals surface area contributed by atoms with E-state index in [9.17, 15) is 31.9 Å². The third kappa shape index (κ3) is 4.46. The molecule has 6 nitrogen and oxygen atoms in total. The molecule has 0 saturated heterocycles. The molecule has 0 atom stereocenters. The van der Waals surface area contributed by atoms with Crippen LogP contribution in [0.4, 0.5) is 17.6 Å². The van der Waals surface area contributed by atoms with E-state index in [1.165, 1.54) is 32.9 Å². The van der Waals surface area contributed by atoms with Crippen LogP contribution >= 0.6 is 0 Å². The van der Waals surface area contributed by atoms with Gasteiger partial charge in [0.25, 0.3) is 0 Å². The van der Waals surface area contributed by atoms with Gasteiger partial charge in [0.2, 0.25) is 0 Å². The number of hydrogen-bond donors (Lipinski definition) is 1. The molecule has 0 unspecified atom stereocenters.